The molecular formula is C16H15F2NO. The van der Waals surface area contributed by atoms with Gasteiger partial charge in [0.25, 0.3) is 0 Å². The van der Waals surface area contributed by atoms with E-state index in [1.165, 1.54) is 12.1 Å². The van der Waals surface area contributed by atoms with E-state index in [-0.39, 0.29) is 12.1 Å². The third-order valence-corrected chi connectivity index (χ3v) is 3.62. The number of hydrogen-bond donors (Lipinski definition) is 1. The Morgan fingerprint density at radius 2 is 1.90 bits per heavy atom. The van der Waals surface area contributed by atoms with Crippen molar-refractivity contribution in [1.29, 1.82) is 0 Å². The lowest BCUT2D eigenvalue weighted by Gasteiger charge is -2.31. The molecule has 0 aliphatic carbocycles. The molecule has 0 radical (unpaired) electrons. The fourth-order valence-corrected chi connectivity index (χ4v) is 2.54. The summed E-state index contributed by atoms with van der Waals surface area (Å²) in [6.07, 6.45) is 0.192. The van der Waals surface area contributed by atoms with Crippen molar-refractivity contribution in [2.24, 2.45) is 5.73 Å². The first kappa shape index (κ1) is 13.1. The summed E-state index contributed by atoms with van der Waals surface area (Å²) >= 11 is 0. The van der Waals surface area contributed by atoms with Gasteiger partial charge >= 0.3 is 0 Å². The summed E-state index contributed by atoms with van der Waals surface area (Å²) in [5.41, 5.74) is 8.85. The Morgan fingerprint density at radius 3 is 2.65 bits per heavy atom. The first-order chi connectivity index (χ1) is 9.54. The normalized spacial score (nSPS) is 21.2. The highest BCUT2D eigenvalue weighted by molar-refractivity contribution is 5.41. The van der Waals surface area contributed by atoms with Crippen LogP contribution in [0, 0.1) is 18.6 Å². The number of hydrogen-bond acceptors (Lipinski definition) is 2. The zero-order valence-electron chi connectivity index (χ0n) is 11.1. The molecule has 0 saturated heterocycles. The summed E-state index contributed by atoms with van der Waals surface area (Å²) in [5, 5.41) is 0. The van der Waals surface area contributed by atoms with E-state index in [0.717, 1.165) is 17.2 Å². The van der Waals surface area contributed by atoms with Crippen molar-refractivity contribution in [3.8, 4) is 5.75 Å². The van der Waals surface area contributed by atoms with E-state index in [4.69, 9.17) is 10.5 Å². The highest BCUT2D eigenvalue weighted by Crippen LogP contribution is 2.40. The Kier molecular flexibility index (Phi) is 3.18. The second-order valence-electron chi connectivity index (χ2n) is 5.16. The number of benzene rings is 2. The Bertz CT molecular complexity index is 657. The van der Waals surface area contributed by atoms with Gasteiger partial charge in [0.15, 0.2) is 11.6 Å². The first-order valence-corrected chi connectivity index (χ1v) is 6.52. The van der Waals surface area contributed by atoms with Crippen LogP contribution in [0.5, 0.6) is 5.75 Å². The van der Waals surface area contributed by atoms with Gasteiger partial charge in [-0.1, -0.05) is 23.8 Å². The molecular weight excluding hydrogens is 260 g/mol. The van der Waals surface area contributed by atoms with Crippen molar-refractivity contribution in [3.05, 3.63) is 64.7 Å². The van der Waals surface area contributed by atoms with Crippen molar-refractivity contribution < 1.29 is 13.5 Å². The van der Waals surface area contributed by atoms with Crippen LogP contribution in [0.4, 0.5) is 8.78 Å². The minimum Gasteiger partial charge on any atom is -0.485 e. The quantitative estimate of drug-likeness (QED) is 0.859. The molecule has 20 heavy (non-hydrogen) atoms. The van der Waals surface area contributed by atoms with Gasteiger partial charge in [-0.15, -0.1) is 0 Å². The zero-order valence-corrected chi connectivity index (χ0v) is 11.1. The predicted octanol–water partition coefficient (Wildman–Crippen LogP) is 3.80. The van der Waals surface area contributed by atoms with E-state index in [9.17, 15) is 8.78 Å². The molecule has 2 atom stereocenters. The molecule has 104 valence electrons. The van der Waals surface area contributed by atoms with Crippen LogP contribution >= 0.6 is 0 Å². The van der Waals surface area contributed by atoms with Crippen LogP contribution in [-0.4, -0.2) is 0 Å². The molecule has 0 aromatic heterocycles. The number of ether oxygens (including phenoxy) is 1. The first-order valence-electron chi connectivity index (χ1n) is 6.52. The van der Waals surface area contributed by atoms with E-state index >= 15 is 0 Å². The summed E-state index contributed by atoms with van der Waals surface area (Å²) in [5.74, 6) is -1.01. The van der Waals surface area contributed by atoms with Crippen molar-refractivity contribution in [3.63, 3.8) is 0 Å². The summed E-state index contributed by atoms with van der Waals surface area (Å²) in [6, 6.07) is 9.47. The number of halogens is 2. The van der Waals surface area contributed by atoms with Crippen LogP contribution in [0.3, 0.4) is 0 Å². The smallest absolute Gasteiger partial charge is 0.159 e. The predicted molar refractivity (Wildman–Crippen MR) is 72.5 cm³/mol. The molecule has 1 aliphatic heterocycles. The highest BCUT2D eigenvalue weighted by Gasteiger charge is 2.27. The van der Waals surface area contributed by atoms with E-state index in [2.05, 4.69) is 0 Å². The van der Waals surface area contributed by atoms with Crippen molar-refractivity contribution in [1.82, 2.24) is 0 Å². The van der Waals surface area contributed by atoms with E-state index in [0.29, 0.717) is 17.7 Å². The second kappa shape index (κ2) is 4.87. The van der Waals surface area contributed by atoms with Gasteiger partial charge in [-0.25, -0.2) is 8.78 Å². The van der Waals surface area contributed by atoms with Gasteiger partial charge in [-0.2, -0.15) is 0 Å². The molecule has 3 rings (SSSR count). The monoisotopic (exact) mass is 275 g/mol. The minimum absolute atomic E-state index is 0.170. The van der Waals surface area contributed by atoms with Crippen LogP contribution in [-0.2, 0) is 0 Å². The Balaban J connectivity index is 1.94. The molecule has 1 aliphatic rings. The Morgan fingerprint density at radius 1 is 1.10 bits per heavy atom. The maximum atomic E-state index is 13.3. The zero-order chi connectivity index (χ0) is 14.3. The van der Waals surface area contributed by atoms with Crippen LogP contribution < -0.4 is 10.5 Å². The number of fused-ring (bicyclic) bond motifs is 1. The lowest BCUT2D eigenvalue weighted by atomic mass is 9.92. The maximum Gasteiger partial charge on any atom is 0.159 e. The number of aryl methyl sites for hydroxylation is 1. The molecule has 4 heteroatoms. The van der Waals surface area contributed by atoms with E-state index < -0.39 is 11.6 Å². The van der Waals surface area contributed by atoms with E-state index in [1.54, 1.807) is 0 Å². The van der Waals surface area contributed by atoms with E-state index in [1.807, 2.05) is 25.1 Å². The second-order valence-corrected chi connectivity index (χ2v) is 5.16. The molecule has 2 N–H and O–H groups in total. The molecule has 0 amide bonds. The third-order valence-electron chi connectivity index (χ3n) is 3.62. The standard InChI is InChI=1S/C16H15F2NO/c1-9-2-5-15-11(6-9)14(19)8-16(20-15)10-3-4-12(17)13(18)7-10/h2-7,14,16H,8,19H2,1H3. The summed E-state index contributed by atoms with van der Waals surface area (Å²) < 4.78 is 32.2. The fourth-order valence-electron chi connectivity index (χ4n) is 2.54. The molecule has 0 fully saturated rings. The molecule has 2 aromatic rings. The third kappa shape index (κ3) is 2.27. The van der Waals surface area contributed by atoms with Crippen molar-refractivity contribution >= 4 is 0 Å². The van der Waals surface area contributed by atoms with Crippen molar-refractivity contribution in [2.75, 3.05) is 0 Å². The average Bonchev–Trinajstić information content (AvgIpc) is 2.42. The van der Waals surface area contributed by atoms with Crippen LogP contribution in [0.15, 0.2) is 36.4 Å². The van der Waals surface area contributed by atoms with Gasteiger partial charge in [0.1, 0.15) is 11.9 Å². The van der Waals surface area contributed by atoms with Crippen molar-refractivity contribution in [2.45, 2.75) is 25.5 Å². The molecule has 1 heterocycles. The summed E-state index contributed by atoms with van der Waals surface area (Å²) in [4.78, 5) is 0. The molecule has 0 spiro atoms. The van der Waals surface area contributed by atoms with Gasteiger partial charge in [0.2, 0.25) is 0 Å². The summed E-state index contributed by atoms with van der Waals surface area (Å²) in [7, 11) is 0. The van der Waals surface area contributed by atoms with Crippen LogP contribution in [0.1, 0.15) is 35.3 Å². The van der Waals surface area contributed by atoms with Crippen LogP contribution in [0.2, 0.25) is 0 Å². The lowest BCUT2D eigenvalue weighted by Crippen LogP contribution is -2.24. The molecule has 2 unspecified atom stereocenters. The topological polar surface area (TPSA) is 35.2 Å². The maximum absolute atomic E-state index is 13.3. The highest BCUT2D eigenvalue weighted by atomic mass is 19.2. The lowest BCUT2D eigenvalue weighted by molar-refractivity contribution is 0.161. The van der Waals surface area contributed by atoms with Gasteiger partial charge in [-0.3, -0.25) is 0 Å². The Hall–Kier alpha value is -1.94. The van der Waals surface area contributed by atoms with Gasteiger partial charge in [0, 0.05) is 18.0 Å². The van der Waals surface area contributed by atoms with Gasteiger partial charge in [0.05, 0.1) is 0 Å². The van der Waals surface area contributed by atoms with Gasteiger partial charge < -0.3 is 10.5 Å². The number of nitrogens with two attached hydrogens (primary N) is 1. The fraction of sp³-hybridized carbons (Fsp3) is 0.250. The minimum atomic E-state index is -0.866. The molecule has 0 saturated carbocycles. The molecule has 2 aromatic carbocycles. The molecule has 2 nitrogen and oxygen atoms in total. The molecule has 0 bridgehead atoms. The SMILES string of the molecule is Cc1ccc2c(c1)C(N)CC(c1ccc(F)c(F)c1)O2. The largest absolute Gasteiger partial charge is 0.485 e. The average molecular weight is 275 g/mol. The van der Waals surface area contributed by atoms with Gasteiger partial charge in [-0.05, 0) is 30.7 Å². The van der Waals surface area contributed by atoms with Crippen LogP contribution in [0.25, 0.3) is 0 Å². The summed E-state index contributed by atoms with van der Waals surface area (Å²) in [6.45, 7) is 1.99. The Labute approximate surface area is 116 Å². The number of rotatable bonds is 1.